The quantitative estimate of drug-likeness (QED) is 0.858. The molecule has 0 aliphatic rings. The molecule has 0 aliphatic carbocycles. The second-order valence-corrected chi connectivity index (χ2v) is 4.21. The minimum Gasteiger partial charge on any atom is -0.496 e. The van der Waals surface area contributed by atoms with Gasteiger partial charge in [0.05, 0.1) is 18.6 Å². The molecule has 4 heteroatoms. The van der Waals surface area contributed by atoms with E-state index in [4.69, 9.17) is 4.74 Å². The normalized spacial score (nSPS) is 10.4. The van der Waals surface area contributed by atoms with Crippen molar-refractivity contribution in [2.75, 3.05) is 7.11 Å². The van der Waals surface area contributed by atoms with Crippen LogP contribution in [-0.4, -0.2) is 17.1 Å². The predicted octanol–water partition coefficient (Wildman–Crippen LogP) is 3.14. The second-order valence-electron chi connectivity index (χ2n) is 3.90. The first-order chi connectivity index (χ1) is 8.78. The predicted molar refractivity (Wildman–Crippen MR) is 76.1 cm³/mol. The fourth-order valence-corrected chi connectivity index (χ4v) is 2.00. The molecule has 0 aliphatic heterocycles. The van der Waals surface area contributed by atoms with E-state index in [0.717, 1.165) is 29.3 Å². The Morgan fingerprint density at radius 3 is 2.78 bits per heavy atom. The van der Waals surface area contributed by atoms with Gasteiger partial charge in [-0.25, -0.2) is 9.97 Å². The number of methoxy groups -OCH3 is 1. The van der Waals surface area contributed by atoms with E-state index >= 15 is 0 Å². The van der Waals surface area contributed by atoms with Crippen molar-refractivity contribution in [2.45, 2.75) is 19.1 Å². The third-order valence-electron chi connectivity index (χ3n) is 2.80. The van der Waals surface area contributed by atoms with Gasteiger partial charge in [0.15, 0.2) is 0 Å². The summed E-state index contributed by atoms with van der Waals surface area (Å²) < 4.78 is 5.33. The molecule has 1 heterocycles. The molecule has 0 radical (unpaired) electrons. The molecule has 0 amide bonds. The van der Waals surface area contributed by atoms with Crippen LogP contribution in [0.5, 0.6) is 5.75 Å². The van der Waals surface area contributed by atoms with Crippen molar-refractivity contribution >= 4 is 12.6 Å². The molecule has 18 heavy (non-hydrogen) atoms. The fourth-order valence-electron chi connectivity index (χ4n) is 1.85. The van der Waals surface area contributed by atoms with Gasteiger partial charge in [-0.2, -0.15) is 12.6 Å². The van der Waals surface area contributed by atoms with Crippen LogP contribution in [0, 0.1) is 0 Å². The van der Waals surface area contributed by atoms with Gasteiger partial charge in [0.25, 0.3) is 0 Å². The monoisotopic (exact) mass is 260 g/mol. The van der Waals surface area contributed by atoms with Crippen LogP contribution in [0.15, 0.2) is 30.5 Å². The van der Waals surface area contributed by atoms with Crippen LogP contribution >= 0.6 is 12.6 Å². The summed E-state index contributed by atoms with van der Waals surface area (Å²) in [4.78, 5) is 8.61. The van der Waals surface area contributed by atoms with Gasteiger partial charge >= 0.3 is 0 Å². The van der Waals surface area contributed by atoms with Gasteiger partial charge in [0, 0.05) is 11.8 Å². The molecule has 94 valence electrons. The maximum atomic E-state index is 5.33. The molecule has 0 atom stereocenters. The smallest absolute Gasteiger partial charge is 0.138 e. The van der Waals surface area contributed by atoms with Crippen molar-refractivity contribution in [1.82, 2.24) is 9.97 Å². The SMILES string of the molecule is CCc1cc(-c2ccnc(CS)n2)ccc1OC. The highest BCUT2D eigenvalue weighted by Gasteiger charge is 2.06. The summed E-state index contributed by atoms with van der Waals surface area (Å²) in [5.74, 6) is 2.21. The highest BCUT2D eigenvalue weighted by Crippen LogP contribution is 2.25. The summed E-state index contributed by atoms with van der Waals surface area (Å²) in [6.45, 7) is 2.11. The second kappa shape index (κ2) is 5.87. The van der Waals surface area contributed by atoms with E-state index in [2.05, 4.69) is 35.6 Å². The zero-order valence-electron chi connectivity index (χ0n) is 10.6. The van der Waals surface area contributed by atoms with Crippen molar-refractivity contribution in [3.05, 3.63) is 41.9 Å². The first-order valence-electron chi connectivity index (χ1n) is 5.88. The maximum Gasteiger partial charge on any atom is 0.138 e. The standard InChI is InChI=1S/C14H16N2OS/c1-3-10-8-11(4-5-13(10)17-2)12-6-7-15-14(9-18)16-12/h4-8,18H,3,9H2,1-2H3. The fraction of sp³-hybridized carbons (Fsp3) is 0.286. The third-order valence-corrected chi connectivity index (χ3v) is 3.09. The first kappa shape index (κ1) is 12.9. The minimum absolute atomic E-state index is 0.546. The molecule has 1 aromatic heterocycles. The molecule has 2 aromatic rings. The molecule has 3 nitrogen and oxygen atoms in total. The number of hydrogen-bond acceptors (Lipinski definition) is 4. The summed E-state index contributed by atoms with van der Waals surface area (Å²) in [6, 6.07) is 8.02. The Kier molecular flexibility index (Phi) is 4.20. The van der Waals surface area contributed by atoms with Crippen LogP contribution in [0.2, 0.25) is 0 Å². The number of nitrogens with zero attached hydrogens (tertiary/aromatic N) is 2. The lowest BCUT2D eigenvalue weighted by Gasteiger charge is -2.09. The number of ether oxygens (including phenoxy) is 1. The van der Waals surface area contributed by atoms with Crippen molar-refractivity contribution in [3.63, 3.8) is 0 Å². The number of hydrogen-bond donors (Lipinski definition) is 1. The number of thiol groups is 1. The molecular formula is C14H16N2OS. The van der Waals surface area contributed by atoms with Gasteiger partial charge in [0.2, 0.25) is 0 Å². The van der Waals surface area contributed by atoms with E-state index in [1.165, 1.54) is 5.56 Å². The highest BCUT2D eigenvalue weighted by molar-refractivity contribution is 7.79. The Balaban J connectivity index is 2.43. The molecule has 1 aromatic carbocycles. The van der Waals surface area contributed by atoms with Gasteiger partial charge in [0.1, 0.15) is 11.6 Å². The molecule has 2 rings (SSSR count). The molecule has 0 unspecified atom stereocenters. The Morgan fingerprint density at radius 1 is 1.28 bits per heavy atom. The molecular weight excluding hydrogens is 244 g/mol. The van der Waals surface area contributed by atoms with Gasteiger partial charge in [-0.1, -0.05) is 6.92 Å². The molecule has 0 N–H and O–H groups in total. The molecule has 0 saturated carbocycles. The van der Waals surface area contributed by atoms with Crippen molar-refractivity contribution in [3.8, 4) is 17.0 Å². The van der Waals surface area contributed by atoms with Gasteiger partial charge in [-0.3, -0.25) is 0 Å². The van der Waals surface area contributed by atoms with E-state index in [9.17, 15) is 0 Å². The van der Waals surface area contributed by atoms with Crippen molar-refractivity contribution in [2.24, 2.45) is 0 Å². The summed E-state index contributed by atoms with van der Waals surface area (Å²) >= 11 is 4.19. The van der Waals surface area contributed by atoms with Gasteiger partial charge in [-0.05, 0) is 36.2 Å². The van der Waals surface area contributed by atoms with Gasteiger partial charge in [-0.15, -0.1) is 0 Å². The lowest BCUT2D eigenvalue weighted by atomic mass is 10.1. The van der Waals surface area contributed by atoms with E-state index in [0.29, 0.717) is 5.75 Å². The highest BCUT2D eigenvalue weighted by atomic mass is 32.1. The van der Waals surface area contributed by atoms with E-state index in [1.807, 2.05) is 18.2 Å². The number of aromatic nitrogens is 2. The zero-order valence-corrected chi connectivity index (χ0v) is 11.4. The van der Waals surface area contributed by atoms with Crippen LogP contribution < -0.4 is 4.74 Å². The van der Waals surface area contributed by atoms with Crippen LogP contribution in [0.3, 0.4) is 0 Å². The molecule has 0 fully saturated rings. The summed E-state index contributed by atoms with van der Waals surface area (Å²) in [6.07, 6.45) is 2.70. The van der Waals surface area contributed by atoms with Crippen LogP contribution in [0.1, 0.15) is 18.3 Å². The van der Waals surface area contributed by atoms with E-state index in [1.54, 1.807) is 13.3 Å². The third kappa shape index (κ3) is 2.64. The van der Waals surface area contributed by atoms with Gasteiger partial charge < -0.3 is 4.74 Å². The summed E-state index contributed by atoms with van der Waals surface area (Å²) in [5.41, 5.74) is 3.19. The van der Waals surface area contributed by atoms with Crippen molar-refractivity contribution in [1.29, 1.82) is 0 Å². The maximum absolute atomic E-state index is 5.33. The van der Waals surface area contributed by atoms with E-state index < -0.39 is 0 Å². The average Bonchev–Trinajstić information content (AvgIpc) is 2.46. The average molecular weight is 260 g/mol. The Labute approximate surface area is 113 Å². The number of aryl methyl sites for hydroxylation is 1. The molecule has 0 spiro atoms. The molecule has 0 bridgehead atoms. The summed E-state index contributed by atoms with van der Waals surface area (Å²) in [7, 11) is 1.69. The summed E-state index contributed by atoms with van der Waals surface area (Å²) in [5, 5.41) is 0. The Hall–Kier alpha value is -1.55. The van der Waals surface area contributed by atoms with Crippen LogP contribution in [-0.2, 0) is 12.2 Å². The van der Waals surface area contributed by atoms with Crippen LogP contribution in [0.4, 0.5) is 0 Å². The molecule has 0 saturated heterocycles. The Morgan fingerprint density at radius 2 is 2.11 bits per heavy atom. The van der Waals surface area contributed by atoms with E-state index in [-0.39, 0.29) is 0 Å². The number of rotatable bonds is 4. The first-order valence-corrected chi connectivity index (χ1v) is 6.51. The Bertz CT molecular complexity index is 543. The zero-order chi connectivity index (χ0) is 13.0. The lowest BCUT2D eigenvalue weighted by Crippen LogP contribution is -1.95. The topological polar surface area (TPSA) is 35.0 Å². The largest absolute Gasteiger partial charge is 0.496 e. The lowest BCUT2D eigenvalue weighted by molar-refractivity contribution is 0.410. The minimum atomic E-state index is 0.546. The number of benzene rings is 1. The van der Waals surface area contributed by atoms with Crippen LogP contribution in [0.25, 0.3) is 11.3 Å². The van der Waals surface area contributed by atoms with Crippen molar-refractivity contribution < 1.29 is 4.74 Å².